The Morgan fingerprint density at radius 3 is 1.84 bits per heavy atom. The van der Waals surface area contributed by atoms with Gasteiger partial charge in [0.15, 0.2) is 0 Å². The molecule has 0 fully saturated rings. The average molecular weight is 469 g/mol. The molecule has 172 valence electrons. The lowest BCUT2D eigenvalue weighted by molar-refractivity contribution is 0.211. The van der Waals surface area contributed by atoms with Gasteiger partial charge in [0.25, 0.3) is 10.1 Å². The van der Waals surface area contributed by atoms with Crippen LogP contribution < -0.4 is 0 Å². The minimum atomic E-state index is -3.88. The smallest absolute Gasteiger partial charge is 0.308 e. The van der Waals surface area contributed by atoms with Crippen molar-refractivity contribution in [2.24, 2.45) is 0 Å². The number of rotatable bonds is 13. The molecule has 2 rings (SSSR count). The summed E-state index contributed by atoms with van der Waals surface area (Å²) < 4.78 is 54.6. The number of benzene rings is 2. The molecule has 0 aliphatic carbocycles. The molecule has 0 spiro atoms. The maximum atomic E-state index is 13.2. The molecular formula is C23H33O6PS. The fourth-order valence-electron chi connectivity index (χ4n) is 3.59. The molecule has 0 saturated heterocycles. The van der Waals surface area contributed by atoms with Gasteiger partial charge in [0.05, 0.1) is 24.6 Å². The second-order valence-corrected chi connectivity index (χ2v) is 11.2. The Bertz CT molecular complexity index is 945. The van der Waals surface area contributed by atoms with Crippen LogP contribution in [0.2, 0.25) is 0 Å². The highest BCUT2D eigenvalue weighted by Crippen LogP contribution is 2.62. The molecule has 1 atom stereocenters. The van der Waals surface area contributed by atoms with Gasteiger partial charge in [-0.1, -0.05) is 55.5 Å². The summed E-state index contributed by atoms with van der Waals surface area (Å²) in [6.45, 7) is 6.30. The fourth-order valence-corrected chi connectivity index (χ4v) is 6.30. The first-order valence-corrected chi connectivity index (χ1v) is 14.0. The van der Waals surface area contributed by atoms with Gasteiger partial charge in [-0.2, -0.15) is 8.42 Å². The molecule has 2 aromatic rings. The first-order chi connectivity index (χ1) is 14.7. The van der Waals surface area contributed by atoms with Crippen molar-refractivity contribution in [3.8, 4) is 11.1 Å². The van der Waals surface area contributed by atoms with E-state index in [0.717, 1.165) is 28.7 Å². The minimum absolute atomic E-state index is 0.199. The van der Waals surface area contributed by atoms with E-state index in [0.29, 0.717) is 32.5 Å². The average Bonchev–Trinajstić information content (AvgIpc) is 2.72. The Hall–Kier alpha value is -1.50. The lowest BCUT2D eigenvalue weighted by Crippen LogP contribution is -2.06. The Kier molecular flexibility index (Phi) is 9.91. The summed E-state index contributed by atoms with van der Waals surface area (Å²) in [6.07, 6.45) is 2.56. The number of unbranched alkanes of at least 4 members (excludes halogenated alkanes) is 1. The van der Waals surface area contributed by atoms with Crippen LogP contribution in [-0.4, -0.2) is 31.9 Å². The summed E-state index contributed by atoms with van der Waals surface area (Å²) in [4.78, 5) is 0. The molecule has 1 N–H and O–H groups in total. The van der Waals surface area contributed by atoms with Gasteiger partial charge in [-0.25, -0.2) is 0 Å². The van der Waals surface area contributed by atoms with Crippen molar-refractivity contribution in [1.29, 1.82) is 0 Å². The maximum Gasteiger partial charge on any atom is 0.338 e. The summed E-state index contributed by atoms with van der Waals surface area (Å²) in [5.41, 5.74) is 3.88. The van der Waals surface area contributed by atoms with Crippen LogP contribution in [0.15, 0.2) is 48.5 Å². The van der Waals surface area contributed by atoms with Crippen molar-refractivity contribution < 1.29 is 26.6 Å². The zero-order valence-corrected chi connectivity index (χ0v) is 20.2. The molecule has 8 heteroatoms. The second-order valence-electron chi connectivity index (χ2n) is 7.36. The molecule has 0 radical (unpaired) electrons. The summed E-state index contributed by atoms with van der Waals surface area (Å²) in [6, 6.07) is 16.1. The lowest BCUT2D eigenvalue weighted by atomic mass is 10.00. The van der Waals surface area contributed by atoms with Crippen molar-refractivity contribution in [2.75, 3.05) is 19.0 Å². The summed E-state index contributed by atoms with van der Waals surface area (Å²) in [7, 11) is -7.10. The Morgan fingerprint density at radius 2 is 1.39 bits per heavy atom. The zero-order chi connectivity index (χ0) is 22.9. The van der Waals surface area contributed by atoms with Gasteiger partial charge in [0, 0.05) is 0 Å². The molecule has 0 amide bonds. The zero-order valence-electron chi connectivity index (χ0n) is 18.5. The van der Waals surface area contributed by atoms with E-state index in [1.807, 2.05) is 69.3 Å². The monoisotopic (exact) mass is 468 g/mol. The molecular weight excluding hydrogens is 435 g/mol. The number of aryl methyl sites for hydroxylation is 1. The molecule has 0 bridgehead atoms. The minimum Gasteiger partial charge on any atom is -0.308 e. The number of hydrogen-bond donors (Lipinski definition) is 1. The fraction of sp³-hybridized carbons (Fsp3) is 0.478. The van der Waals surface area contributed by atoms with E-state index in [1.165, 1.54) is 0 Å². The van der Waals surface area contributed by atoms with Crippen LogP contribution in [0.5, 0.6) is 0 Å². The first-order valence-electron chi connectivity index (χ1n) is 10.8. The van der Waals surface area contributed by atoms with Crippen LogP contribution in [0.3, 0.4) is 0 Å². The standard InChI is InChI=1S/C23H33O6PS/c1-4-23(30(24,28-5-2)29-6-3)22-16-14-21(15-17-22)20-12-10-19(11-13-20)9-7-8-18-31(25,26)27/h10-17,23H,4-9,18H2,1-3H3,(H,25,26,27). The molecule has 0 aromatic heterocycles. The Labute approximate surface area is 186 Å². The number of hydrogen-bond acceptors (Lipinski definition) is 5. The van der Waals surface area contributed by atoms with Crippen molar-refractivity contribution in [3.05, 3.63) is 59.7 Å². The van der Waals surface area contributed by atoms with Crippen LogP contribution in [0.1, 0.15) is 56.8 Å². The van der Waals surface area contributed by atoms with E-state index < -0.39 is 17.7 Å². The Morgan fingerprint density at radius 1 is 0.871 bits per heavy atom. The van der Waals surface area contributed by atoms with Gasteiger partial charge in [-0.05, 0) is 61.8 Å². The highest BCUT2D eigenvalue weighted by Gasteiger charge is 2.35. The quantitative estimate of drug-likeness (QED) is 0.211. The highest BCUT2D eigenvalue weighted by atomic mass is 32.2. The SMILES string of the molecule is CCOP(=O)(OCC)C(CC)c1ccc(-c2ccc(CCCCS(=O)(=O)O)cc2)cc1. The molecule has 6 nitrogen and oxygen atoms in total. The Balaban J connectivity index is 2.07. The maximum absolute atomic E-state index is 13.2. The van der Waals surface area contributed by atoms with Gasteiger partial charge >= 0.3 is 7.60 Å². The lowest BCUT2D eigenvalue weighted by Gasteiger charge is -2.25. The van der Waals surface area contributed by atoms with Crippen LogP contribution in [0, 0.1) is 0 Å². The van der Waals surface area contributed by atoms with Gasteiger partial charge in [0.1, 0.15) is 0 Å². The first kappa shape index (κ1) is 25.8. The van der Waals surface area contributed by atoms with Crippen LogP contribution >= 0.6 is 7.60 Å². The third kappa shape index (κ3) is 7.85. The van der Waals surface area contributed by atoms with Gasteiger partial charge < -0.3 is 9.05 Å². The van der Waals surface area contributed by atoms with Gasteiger partial charge in [-0.15, -0.1) is 0 Å². The van der Waals surface area contributed by atoms with Gasteiger partial charge in [0.2, 0.25) is 0 Å². The van der Waals surface area contributed by atoms with E-state index in [1.54, 1.807) is 0 Å². The van der Waals surface area contributed by atoms with Gasteiger partial charge in [-0.3, -0.25) is 9.12 Å². The van der Waals surface area contributed by atoms with E-state index in [9.17, 15) is 13.0 Å². The van der Waals surface area contributed by atoms with E-state index in [2.05, 4.69) is 0 Å². The largest absolute Gasteiger partial charge is 0.338 e. The molecule has 0 saturated carbocycles. The van der Waals surface area contributed by atoms with Crippen molar-refractivity contribution in [2.45, 2.75) is 52.1 Å². The second kappa shape index (κ2) is 11.9. The normalized spacial score (nSPS) is 13.3. The molecule has 31 heavy (non-hydrogen) atoms. The summed E-state index contributed by atoms with van der Waals surface area (Å²) in [5.74, 6) is -0.199. The van der Waals surface area contributed by atoms with E-state index in [-0.39, 0.29) is 11.4 Å². The van der Waals surface area contributed by atoms with Crippen molar-refractivity contribution in [1.82, 2.24) is 0 Å². The third-order valence-corrected chi connectivity index (χ3v) is 8.55. The molecule has 2 aromatic carbocycles. The summed E-state index contributed by atoms with van der Waals surface area (Å²) in [5, 5.41) is 0. The van der Waals surface area contributed by atoms with Crippen LogP contribution in [0.4, 0.5) is 0 Å². The predicted octanol–water partition coefficient (Wildman–Crippen LogP) is 6.28. The summed E-state index contributed by atoms with van der Waals surface area (Å²) >= 11 is 0. The molecule has 0 aliphatic rings. The van der Waals surface area contributed by atoms with E-state index >= 15 is 0 Å². The van der Waals surface area contributed by atoms with E-state index in [4.69, 9.17) is 13.6 Å². The molecule has 0 heterocycles. The van der Waals surface area contributed by atoms with Crippen molar-refractivity contribution >= 4 is 17.7 Å². The molecule has 1 unspecified atom stereocenters. The van der Waals surface area contributed by atoms with Crippen molar-refractivity contribution in [3.63, 3.8) is 0 Å². The predicted molar refractivity (Wildman–Crippen MR) is 125 cm³/mol. The molecule has 0 aliphatic heterocycles. The topological polar surface area (TPSA) is 89.9 Å². The highest BCUT2D eigenvalue weighted by molar-refractivity contribution is 7.85. The van der Waals surface area contributed by atoms with Crippen LogP contribution in [-0.2, 0) is 30.2 Å². The third-order valence-electron chi connectivity index (χ3n) is 5.09. The van der Waals surface area contributed by atoms with Crippen LogP contribution in [0.25, 0.3) is 11.1 Å².